The van der Waals surface area contributed by atoms with Gasteiger partial charge in [0.2, 0.25) is 5.91 Å². The molecule has 0 radical (unpaired) electrons. The zero-order valence-corrected chi connectivity index (χ0v) is 23.1. The van der Waals surface area contributed by atoms with Crippen molar-refractivity contribution in [2.24, 2.45) is 5.92 Å². The van der Waals surface area contributed by atoms with E-state index in [2.05, 4.69) is 34.9 Å². The number of fused-ring (bicyclic) bond motifs is 3. The van der Waals surface area contributed by atoms with Gasteiger partial charge in [-0.2, -0.15) is 0 Å². The van der Waals surface area contributed by atoms with Crippen LogP contribution in [0, 0.1) is 5.92 Å². The highest BCUT2D eigenvalue weighted by Crippen LogP contribution is 2.44. The number of carbonyl (C=O) groups excluding carboxylic acids is 2. The molecule has 3 aromatic rings. The SMILES string of the molecule is CC(OCc1ccccc1)C(NC(=O)[C@@H]1CCCC[C@@H]1NC(=O)OCC1c2ccccc2-c2ccccc21)C(=O)O. The summed E-state index contributed by atoms with van der Waals surface area (Å²) in [5, 5.41) is 15.4. The van der Waals surface area contributed by atoms with Crippen LogP contribution >= 0.6 is 0 Å². The average Bonchev–Trinajstić information content (AvgIpc) is 3.31. The number of carbonyl (C=O) groups is 3. The molecule has 0 aromatic heterocycles. The number of benzene rings is 3. The topological polar surface area (TPSA) is 114 Å². The molecule has 2 aliphatic carbocycles. The fraction of sp³-hybridized carbons (Fsp3) is 0.364. The molecule has 214 valence electrons. The van der Waals surface area contributed by atoms with Crippen LogP contribution in [0.15, 0.2) is 78.9 Å². The van der Waals surface area contributed by atoms with Crippen LogP contribution in [0.4, 0.5) is 4.79 Å². The van der Waals surface area contributed by atoms with Crippen molar-refractivity contribution in [3.05, 3.63) is 95.6 Å². The molecule has 8 heteroatoms. The second-order valence-electron chi connectivity index (χ2n) is 10.8. The highest BCUT2D eigenvalue weighted by atomic mass is 16.5. The van der Waals surface area contributed by atoms with E-state index < -0.39 is 42.1 Å². The minimum absolute atomic E-state index is 0.0627. The molecule has 3 N–H and O–H groups in total. The first-order valence-electron chi connectivity index (χ1n) is 14.2. The summed E-state index contributed by atoms with van der Waals surface area (Å²) in [6.07, 6.45) is 1.50. The Hall–Kier alpha value is -4.17. The van der Waals surface area contributed by atoms with Gasteiger partial charge in [0, 0.05) is 12.0 Å². The van der Waals surface area contributed by atoms with Gasteiger partial charge in [0.25, 0.3) is 0 Å². The van der Waals surface area contributed by atoms with Crippen LogP contribution in [0.3, 0.4) is 0 Å². The number of carboxylic acid groups (broad SMARTS) is 1. The largest absolute Gasteiger partial charge is 0.480 e. The van der Waals surface area contributed by atoms with Gasteiger partial charge in [0.1, 0.15) is 6.61 Å². The first-order valence-corrected chi connectivity index (χ1v) is 14.2. The minimum atomic E-state index is -1.22. The Balaban J connectivity index is 1.18. The third-order valence-electron chi connectivity index (χ3n) is 8.14. The Bertz CT molecular complexity index is 1330. The van der Waals surface area contributed by atoms with E-state index in [1.165, 1.54) is 0 Å². The summed E-state index contributed by atoms with van der Waals surface area (Å²) in [5.41, 5.74) is 5.46. The quantitative estimate of drug-likeness (QED) is 0.314. The summed E-state index contributed by atoms with van der Waals surface area (Å²) in [5.74, 6) is -2.20. The third kappa shape index (κ3) is 6.60. The molecule has 4 atom stereocenters. The highest BCUT2D eigenvalue weighted by molar-refractivity contribution is 5.86. The number of amides is 2. The van der Waals surface area contributed by atoms with E-state index >= 15 is 0 Å². The van der Waals surface area contributed by atoms with Crippen LogP contribution in [-0.2, 0) is 25.7 Å². The third-order valence-corrected chi connectivity index (χ3v) is 8.14. The molecule has 3 aromatic carbocycles. The predicted octanol–water partition coefficient (Wildman–Crippen LogP) is 5.26. The second kappa shape index (κ2) is 13.0. The Kier molecular flexibility index (Phi) is 8.99. The van der Waals surface area contributed by atoms with Crippen LogP contribution in [-0.4, -0.2) is 47.9 Å². The summed E-state index contributed by atoms with van der Waals surface area (Å²) in [6.45, 7) is 2.05. The Morgan fingerprint density at radius 3 is 2.15 bits per heavy atom. The van der Waals surface area contributed by atoms with E-state index in [9.17, 15) is 19.5 Å². The maximum absolute atomic E-state index is 13.3. The van der Waals surface area contributed by atoms with Gasteiger partial charge < -0.3 is 25.2 Å². The van der Waals surface area contributed by atoms with Gasteiger partial charge >= 0.3 is 12.1 Å². The summed E-state index contributed by atoms with van der Waals surface area (Å²) >= 11 is 0. The molecule has 8 nitrogen and oxygen atoms in total. The Morgan fingerprint density at radius 2 is 1.49 bits per heavy atom. The van der Waals surface area contributed by atoms with Crippen molar-refractivity contribution >= 4 is 18.0 Å². The van der Waals surface area contributed by atoms with E-state index in [1.54, 1.807) is 6.92 Å². The second-order valence-corrected chi connectivity index (χ2v) is 10.8. The lowest BCUT2D eigenvalue weighted by atomic mass is 9.83. The molecule has 1 saturated carbocycles. The van der Waals surface area contributed by atoms with Crippen molar-refractivity contribution in [2.75, 3.05) is 6.61 Å². The molecule has 0 spiro atoms. The number of nitrogens with one attached hydrogen (secondary N) is 2. The summed E-state index contributed by atoms with van der Waals surface area (Å²) < 4.78 is 11.5. The van der Waals surface area contributed by atoms with E-state index in [-0.39, 0.29) is 19.1 Å². The number of alkyl carbamates (subject to hydrolysis) is 1. The molecule has 0 bridgehead atoms. The fourth-order valence-corrected chi connectivity index (χ4v) is 5.95. The molecule has 2 unspecified atom stereocenters. The maximum Gasteiger partial charge on any atom is 0.407 e. The summed E-state index contributed by atoms with van der Waals surface area (Å²) in [6, 6.07) is 24.0. The number of hydrogen-bond donors (Lipinski definition) is 3. The van der Waals surface area contributed by atoms with Crippen molar-refractivity contribution in [1.82, 2.24) is 10.6 Å². The standard InChI is InChI=1S/C33H36N2O6/c1-21(40-19-22-11-3-2-4-12-22)30(32(37)38)35-31(36)27-17-9-10-18-29(27)34-33(39)41-20-28-25-15-7-5-13-23(25)24-14-6-8-16-26(24)28/h2-8,11-16,21,27-30H,9-10,17-20H2,1H3,(H,34,39)(H,35,36)(H,37,38)/t21?,27-,29+,30?/m1/s1. The average molecular weight is 557 g/mol. The number of hydrogen-bond acceptors (Lipinski definition) is 5. The maximum atomic E-state index is 13.3. The molecule has 2 amide bonds. The molecule has 1 fully saturated rings. The highest BCUT2D eigenvalue weighted by Gasteiger charge is 2.36. The van der Waals surface area contributed by atoms with Crippen molar-refractivity contribution in [2.45, 2.75) is 63.3 Å². The predicted molar refractivity (Wildman–Crippen MR) is 154 cm³/mol. The first-order chi connectivity index (χ1) is 19.9. The zero-order valence-electron chi connectivity index (χ0n) is 23.1. The zero-order chi connectivity index (χ0) is 28.8. The van der Waals surface area contributed by atoms with Crippen molar-refractivity contribution < 1.29 is 29.0 Å². The number of carboxylic acids is 1. The van der Waals surface area contributed by atoms with Gasteiger partial charge in [0.05, 0.1) is 18.6 Å². The van der Waals surface area contributed by atoms with Crippen LogP contribution in [0.25, 0.3) is 11.1 Å². The molecular weight excluding hydrogens is 520 g/mol. The van der Waals surface area contributed by atoms with Crippen molar-refractivity contribution in [3.8, 4) is 11.1 Å². The van der Waals surface area contributed by atoms with Gasteiger partial charge in [0.15, 0.2) is 6.04 Å². The fourth-order valence-electron chi connectivity index (χ4n) is 5.95. The van der Waals surface area contributed by atoms with Gasteiger partial charge in [-0.25, -0.2) is 9.59 Å². The number of ether oxygens (including phenoxy) is 2. The molecule has 5 rings (SSSR count). The van der Waals surface area contributed by atoms with Crippen LogP contribution in [0.1, 0.15) is 55.2 Å². The Morgan fingerprint density at radius 1 is 0.878 bits per heavy atom. The van der Waals surface area contributed by atoms with Crippen molar-refractivity contribution in [1.29, 1.82) is 0 Å². The molecule has 0 saturated heterocycles. The lowest BCUT2D eigenvalue weighted by Crippen LogP contribution is -2.54. The lowest BCUT2D eigenvalue weighted by Gasteiger charge is -2.32. The van der Waals surface area contributed by atoms with Gasteiger partial charge in [-0.05, 0) is 47.6 Å². The molecule has 2 aliphatic rings. The van der Waals surface area contributed by atoms with E-state index in [0.717, 1.165) is 40.7 Å². The smallest absolute Gasteiger partial charge is 0.407 e. The monoisotopic (exact) mass is 556 g/mol. The van der Waals surface area contributed by atoms with E-state index in [0.29, 0.717) is 12.8 Å². The Labute approximate surface area is 240 Å². The van der Waals surface area contributed by atoms with E-state index in [4.69, 9.17) is 9.47 Å². The molecule has 0 aliphatic heterocycles. The minimum Gasteiger partial charge on any atom is -0.480 e. The van der Waals surface area contributed by atoms with Crippen LogP contribution < -0.4 is 10.6 Å². The number of rotatable bonds is 10. The van der Waals surface area contributed by atoms with Gasteiger partial charge in [-0.1, -0.05) is 91.7 Å². The molecule has 0 heterocycles. The van der Waals surface area contributed by atoms with Crippen molar-refractivity contribution in [3.63, 3.8) is 0 Å². The normalized spacial score (nSPS) is 19.3. The first kappa shape index (κ1) is 28.4. The lowest BCUT2D eigenvalue weighted by molar-refractivity contribution is -0.147. The molecular formula is C33H36N2O6. The van der Waals surface area contributed by atoms with E-state index in [1.807, 2.05) is 54.6 Å². The van der Waals surface area contributed by atoms with Gasteiger partial charge in [-0.3, -0.25) is 4.79 Å². The van der Waals surface area contributed by atoms with Crippen LogP contribution in [0.5, 0.6) is 0 Å². The van der Waals surface area contributed by atoms with Crippen LogP contribution in [0.2, 0.25) is 0 Å². The van der Waals surface area contributed by atoms with Gasteiger partial charge in [-0.15, -0.1) is 0 Å². The summed E-state index contributed by atoms with van der Waals surface area (Å²) in [7, 11) is 0. The summed E-state index contributed by atoms with van der Waals surface area (Å²) in [4.78, 5) is 38.3. The number of aliphatic carboxylic acids is 1. The molecule has 41 heavy (non-hydrogen) atoms.